The molecule has 1 aliphatic rings. The Bertz CT molecular complexity index is 965. The highest BCUT2D eigenvalue weighted by atomic mass is 16.5. The maximum absolute atomic E-state index is 11.3. The summed E-state index contributed by atoms with van der Waals surface area (Å²) in [6.07, 6.45) is 1.01. The van der Waals surface area contributed by atoms with Gasteiger partial charge in [-0.3, -0.25) is 0 Å². The van der Waals surface area contributed by atoms with Gasteiger partial charge in [0.05, 0.1) is 48.3 Å². The largest absolute Gasteiger partial charge is 0.493 e. The van der Waals surface area contributed by atoms with Gasteiger partial charge in [0, 0.05) is 17.5 Å². The molecule has 0 saturated carbocycles. The number of hydrogen-bond donors (Lipinski definition) is 1. The van der Waals surface area contributed by atoms with Crippen molar-refractivity contribution in [3.63, 3.8) is 0 Å². The second kappa shape index (κ2) is 8.75. The summed E-state index contributed by atoms with van der Waals surface area (Å²) in [5, 5.41) is 11.3. The van der Waals surface area contributed by atoms with Crippen molar-refractivity contribution in [2.45, 2.75) is 32.3 Å². The number of benzene rings is 2. The fraction of sp³-hybridized carbons (Fsp3) is 0.500. The van der Waals surface area contributed by atoms with E-state index in [1.165, 1.54) is 0 Å². The van der Waals surface area contributed by atoms with Crippen LogP contribution in [0.25, 0.3) is 11.1 Å². The molecule has 0 saturated heterocycles. The summed E-state index contributed by atoms with van der Waals surface area (Å²) in [7, 11) is 9.51. The lowest BCUT2D eigenvalue weighted by Crippen LogP contribution is -2.37. The lowest BCUT2D eigenvalue weighted by molar-refractivity contribution is 0.00628. The Balaban J connectivity index is 2.54. The van der Waals surface area contributed by atoms with Crippen molar-refractivity contribution in [1.82, 2.24) is 0 Å². The summed E-state index contributed by atoms with van der Waals surface area (Å²) < 4.78 is 34.2. The van der Waals surface area contributed by atoms with E-state index in [4.69, 9.17) is 28.4 Å². The highest BCUT2D eigenvalue weighted by Gasteiger charge is 2.38. The van der Waals surface area contributed by atoms with Crippen molar-refractivity contribution in [3.05, 3.63) is 23.3 Å². The molecule has 3 rings (SSSR count). The Labute approximate surface area is 183 Å². The number of hydrogen-bond acceptors (Lipinski definition) is 7. The number of aliphatic hydroxyl groups is 1. The molecule has 0 bridgehead atoms. The zero-order chi connectivity index (χ0) is 22.9. The zero-order valence-electron chi connectivity index (χ0n) is 19.5. The monoisotopic (exact) mass is 432 g/mol. The van der Waals surface area contributed by atoms with Gasteiger partial charge < -0.3 is 33.5 Å². The molecule has 0 radical (unpaired) electrons. The molecule has 1 N–H and O–H groups in total. The van der Waals surface area contributed by atoms with Gasteiger partial charge in [-0.05, 0) is 42.5 Å². The van der Waals surface area contributed by atoms with Crippen LogP contribution in [-0.4, -0.2) is 53.4 Å². The van der Waals surface area contributed by atoms with Crippen molar-refractivity contribution in [2.75, 3.05) is 42.7 Å². The van der Waals surface area contributed by atoms with E-state index in [-0.39, 0.29) is 5.92 Å². The Morgan fingerprint density at radius 3 is 1.55 bits per heavy atom. The normalized spacial score (nSPS) is 20.0. The van der Waals surface area contributed by atoms with Gasteiger partial charge in [0.25, 0.3) is 0 Å². The maximum atomic E-state index is 11.3. The first-order valence-corrected chi connectivity index (χ1v) is 10.1. The third kappa shape index (κ3) is 3.71. The summed E-state index contributed by atoms with van der Waals surface area (Å²) in [5.74, 6) is 3.06. The van der Waals surface area contributed by atoms with Crippen LogP contribution < -0.4 is 28.4 Å². The average molecular weight is 433 g/mol. The topological polar surface area (TPSA) is 75.6 Å². The minimum absolute atomic E-state index is 0.0405. The molecule has 0 amide bonds. The molecule has 31 heavy (non-hydrogen) atoms. The minimum atomic E-state index is -0.961. The standard InChI is InChI=1S/C24H32O7/c1-13-9-14-10-16(26-3)20(28-5)22(30-7)18(14)19-15(12-24(13,2)25)11-17(27-4)21(29-6)23(19)31-8/h10-11,13,25H,9,12H2,1-8H3/t13-,24+/m0/s1. The molecule has 0 spiro atoms. The second-order valence-corrected chi connectivity index (χ2v) is 8.00. The predicted molar refractivity (Wildman–Crippen MR) is 118 cm³/mol. The van der Waals surface area contributed by atoms with Crippen LogP contribution in [0.15, 0.2) is 12.1 Å². The predicted octanol–water partition coefficient (Wildman–Crippen LogP) is 3.89. The third-order valence-corrected chi connectivity index (χ3v) is 6.21. The maximum Gasteiger partial charge on any atom is 0.203 e. The van der Waals surface area contributed by atoms with Crippen LogP contribution in [0, 0.1) is 5.92 Å². The Morgan fingerprint density at radius 1 is 0.710 bits per heavy atom. The highest BCUT2D eigenvalue weighted by Crippen LogP contribution is 2.56. The van der Waals surface area contributed by atoms with Crippen LogP contribution in [0.3, 0.4) is 0 Å². The van der Waals surface area contributed by atoms with Gasteiger partial charge in [0.15, 0.2) is 23.0 Å². The number of fused-ring (bicyclic) bond motifs is 3. The van der Waals surface area contributed by atoms with Crippen molar-refractivity contribution in [3.8, 4) is 45.6 Å². The quantitative estimate of drug-likeness (QED) is 0.742. The van der Waals surface area contributed by atoms with E-state index >= 15 is 0 Å². The zero-order valence-corrected chi connectivity index (χ0v) is 19.5. The fourth-order valence-corrected chi connectivity index (χ4v) is 4.37. The van der Waals surface area contributed by atoms with Crippen molar-refractivity contribution in [2.24, 2.45) is 5.92 Å². The van der Waals surface area contributed by atoms with E-state index in [1.807, 2.05) is 26.0 Å². The van der Waals surface area contributed by atoms with Gasteiger partial charge in [-0.25, -0.2) is 0 Å². The SMILES string of the molecule is COc1cc2c(c(OC)c1OC)-c1c(cc(OC)c(OC)c1OC)C[C@@](C)(O)[C@@H](C)C2. The van der Waals surface area contributed by atoms with Crippen LogP contribution in [0.4, 0.5) is 0 Å². The Morgan fingerprint density at radius 2 is 1.13 bits per heavy atom. The van der Waals surface area contributed by atoms with Crippen LogP contribution in [-0.2, 0) is 12.8 Å². The molecule has 2 aromatic carbocycles. The Kier molecular flexibility index (Phi) is 6.46. The molecular weight excluding hydrogens is 400 g/mol. The molecule has 0 aliphatic heterocycles. The second-order valence-electron chi connectivity index (χ2n) is 8.00. The molecule has 2 atom stereocenters. The lowest BCUT2D eigenvalue weighted by atomic mass is 9.75. The molecule has 0 unspecified atom stereocenters. The van der Waals surface area contributed by atoms with Crippen molar-refractivity contribution >= 4 is 0 Å². The lowest BCUT2D eigenvalue weighted by Gasteiger charge is -2.36. The van der Waals surface area contributed by atoms with Crippen LogP contribution in [0.2, 0.25) is 0 Å². The Hall–Kier alpha value is -2.80. The van der Waals surface area contributed by atoms with Gasteiger partial charge in [0.2, 0.25) is 11.5 Å². The van der Waals surface area contributed by atoms with E-state index < -0.39 is 5.60 Å². The average Bonchev–Trinajstić information content (AvgIpc) is 2.76. The first-order valence-electron chi connectivity index (χ1n) is 10.1. The van der Waals surface area contributed by atoms with Crippen LogP contribution in [0.5, 0.6) is 34.5 Å². The third-order valence-electron chi connectivity index (χ3n) is 6.21. The number of methoxy groups -OCH3 is 6. The van der Waals surface area contributed by atoms with Gasteiger partial charge in [-0.15, -0.1) is 0 Å². The summed E-state index contributed by atoms with van der Waals surface area (Å²) in [6.45, 7) is 3.89. The smallest absolute Gasteiger partial charge is 0.203 e. The van der Waals surface area contributed by atoms with Gasteiger partial charge >= 0.3 is 0 Å². The van der Waals surface area contributed by atoms with Gasteiger partial charge in [0.1, 0.15) is 0 Å². The summed E-state index contributed by atoms with van der Waals surface area (Å²) in [4.78, 5) is 0. The van der Waals surface area contributed by atoms with E-state index in [2.05, 4.69) is 0 Å². The first kappa shape index (κ1) is 22.9. The van der Waals surface area contributed by atoms with Crippen molar-refractivity contribution < 1.29 is 33.5 Å². The van der Waals surface area contributed by atoms with Gasteiger partial charge in [-0.1, -0.05) is 6.92 Å². The molecule has 0 heterocycles. The number of rotatable bonds is 6. The summed E-state index contributed by atoms with van der Waals surface area (Å²) >= 11 is 0. The molecule has 0 fully saturated rings. The van der Waals surface area contributed by atoms with E-state index in [1.54, 1.807) is 42.7 Å². The van der Waals surface area contributed by atoms with Crippen LogP contribution in [0.1, 0.15) is 25.0 Å². The number of ether oxygens (including phenoxy) is 6. The molecule has 7 nitrogen and oxygen atoms in total. The van der Waals surface area contributed by atoms with Crippen LogP contribution >= 0.6 is 0 Å². The van der Waals surface area contributed by atoms with Gasteiger partial charge in [-0.2, -0.15) is 0 Å². The van der Waals surface area contributed by atoms with E-state index in [0.29, 0.717) is 47.3 Å². The molecule has 1 aliphatic carbocycles. The van der Waals surface area contributed by atoms with E-state index in [9.17, 15) is 5.11 Å². The summed E-state index contributed by atoms with van der Waals surface area (Å²) in [6, 6.07) is 3.83. The summed E-state index contributed by atoms with van der Waals surface area (Å²) in [5.41, 5.74) is 2.46. The molecule has 2 aromatic rings. The minimum Gasteiger partial charge on any atom is -0.493 e. The molecular formula is C24H32O7. The highest BCUT2D eigenvalue weighted by molar-refractivity contribution is 5.88. The first-order chi connectivity index (χ1) is 14.8. The van der Waals surface area contributed by atoms with E-state index in [0.717, 1.165) is 22.3 Å². The van der Waals surface area contributed by atoms with Crippen molar-refractivity contribution in [1.29, 1.82) is 0 Å². The molecule has 7 heteroatoms. The fourth-order valence-electron chi connectivity index (χ4n) is 4.37. The molecule has 0 aromatic heterocycles. The molecule has 170 valence electrons.